The van der Waals surface area contributed by atoms with Crippen molar-refractivity contribution in [3.8, 4) is 0 Å². The van der Waals surface area contributed by atoms with Gasteiger partial charge in [-0.15, -0.1) is 11.3 Å². The molecule has 0 radical (unpaired) electrons. The molecule has 0 aliphatic carbocycles. The van der Waals surface area contributed by atoms with Crippen molar-refractivity contribution >= 4 is 27.3 Å². The van der Waals surface area contributed by atoms with E-state index in [9.17, 15) is 0 Å². The quantitative estimate of drug-likeness (QED) is 0.817. The third kappa shape index (κ3) is 3.35. The summed E-state index contributed by atoms with van der Waals surface area (Å²) in [5, 5.41) is 5.70. The fraction of sp³-hybridized carbons (Fsp3) is 0.714. The number of rotatable bonds is 7. The predicted octanol–water partition coefficient (Wildman–Crippen LogP) is 3.76. The molecule has 0 saturated carbocycles. The number of halogens is 1. The maximum Gasteiger partial charge on any atom is 0.0354 e. The SMILES string of the molecule is CCC(CC)(C(Cc1cc(Br)cs1)NC)N(C)C. The van der Waals surface area contributed by atoms with Crippen LogP contribution in [0.5, 0.6) is 0 Å². The average molecular weight is 333 g/mol. The molecule has 0 saturated heterocycles. The average Bonchev–Trinajstić information content (AvgIpc) is 2.75. The van der Waals surface area contributed by atoms with E-state index in [1.54, 1.807) is 0 Å². The van der Waals surface area contributed by atoms with E-state index in [2.05, 4.69) is 72.6 Å². The maximum absolute atomic E-state index is 3.54. The van der Waals surface area contributed by atoms with Crippen molar-refractivity contribution in [2.45, 2.75) is 44.7 Å². The van der Waals surface area contributed by atoms with Crippen LogP contribution in [0.1, 0.15) is 31.6 Å². The minimum atomic E-state index is 0.227. The van der Waals surface area contributed by atoms with Crippen LogP contribution in [0.4, 0.5) is 0 Å². The van der Waals surface area contributed by atoms with Crippen molar-refractivity contribution in [2.75, 3.05) is 21.1 Å². The van der Waals surface area contributed by atoms with E-state index >= 15 is 0 Å². The van der Waals surface area contributed by atoms with E-state index in [4.69, 9.17) is 0 Å². The lowest BCUT2D eigenvalue weighted by Gasteiger charge is -2.45. The molecule has 4 heteroatoms. The summed E-state index contributed by atoms with van der Waals surface area (Å²) in [5.41, 5.74) is 0.227. The van der Waals surface area contributed by atoms with Crippen molar-refractivity contribution in [3.63, 3.8) is 0 Å². The monoisotopic (exact) mass is 332 g/mol. The molecule has 2 nitrogen and oxygen atoms in total. The first-order valence-corrected chi connectivity index (χ1v) is 8.25. The fourth-order valence-corrected chi connectivity index (χ4v) is 4.41. The van der Waals surface area contributed by atoms with Gasteiger partial charge in [-0.1, -0.05) is 13.8 Å². The summed E-state index contributed by atoms with van der Waals surface area (Å²) in [6, 6.07) is 2.72. The van der Waals surface area contributed by atoms with Gasteiger partial charge in [-0.2, -0.15) is 0 Å². The minimum Gasteiger partial charge on any atom is -0.315 e. The summed E-state index contributed by atoms with van der Waals surface area (Å²) in [5.74, 6) is 0. The van der Waals surface area contributed by atoms with Gasteiger partial charge in [-0.05, 0) is 62.4 Å². The first kappa shape index (κ1) is 16.2. The maximum atomic E-state index is 3.54. The molecule has 0 aliphatic rings. The van der Waals surface area contributed by atoms with Crippen LogP contribution < -0.4 is 5.32 Å². The molecule has 0 amide bonds. The normalized spacial score (nSPS) is 14.2. The van der Waals surface area contributed by atoms with Crippen LogP contribution in [-0.4, -0.2) is 37.6 Å². The van der Waals surface area contributed by atoms with Gasteiger partial charge in [0, 0.05) is 26.3 Å². The van der Waals surface area contributed by atoms with Crippen molar-refractivity contribution in [1.82, 2.24) is 10.2 Å². The summed E-state index contributed by atoms with van der Waals surface area (Å²) in [4.78, 5) is 3.82. The Morgan fingerprint density at radius 3 is 2.33 bits per heavy atom. The zero-order valence-corrected chi connectivity index (χ0v) is 14.5. The predicted molar refractivity (Wildman–Crippen MR) is 85.6 cm³/mol. The van der Waals surface area contributed by atoms with Gasteiger partial charge in [-0.25, -0.2) is 0 Å². The molecule has 18 heavy (non-hydrogen) atoms. The van der Waals surface area contributed by atoms with Gasteiger partial charge in [0.05, 0.1) is 0 Å². The Kier molecular flexibility index (Phi) is 6.31. The highest BCUT2D eigenvalue weighted by Crippen LogP contribution is 2.30. The number of hydrogen-bond donors (Lipinski definition) is 1. The smallest absolute Gasteiger partial charge is 0.0354 e. The number of hydrogen-bond acceptors (Lipinski definition) is 3. The number of thiophene rings is 1. The molecule has 0 bridgehead atoms. The molecule has 1 heterocycles. The number of nitrogens with zero attached hydrogens (tertiary/aromatic N) is 1. The number of nitrogens with one attached hydrogen (secondary N) is 1. The minimum absolute atomic E-state index is 0.227. The first-order valence-electron chi connectivity index (χ1n) is 6.57. The molecule has 0 fully saturated rings. The van der Waals surface area contributed by atoms with Crippen LogP contribution in [0.25, 0.3) is 0 Å². The van der Waals surface area contributed by atoms with E-state index in [0.29, 0.717) is 6.04 Å². The van der Waals surface area contributed by atoms with Crippen molar-refractivity contribution in [3.05, 3.63) is 20.8 Å². The second kappa shape index (κ2) is 7.04. The molecule has 0 aromatic carbocycles. The van der Waals surface area contributed by atoms with Gasteiger partial charge in [0.1, 0.15) is 0 Å². The Labute approximate surface area is 124 Å². The molecule has 1 unspecified atom stereocenters. The lowest BCUT2D eigenvalue weighted by molar-refractivity contribution is 0.0921. The first-order chi connectivity index (χ1) is 8.50. The zero-order chi connectivity index (χ0) is 13.8. The molecular weight excluding hydrogens is 308 g/mol. The second-order valence-electron chi connectivity index (χ2n) is 4.98. The van der Waals surface area contributed by atoms with E-state index in [0.717, 1.165) is 19.3 Å². The molecule has 1 N–H and O–H groups in total. The highest BCUT2D eigenvalue weighted by Gasteiger charge is 2.37. The van der Waals surface area contributed by atoms with Gasteiger partial charge >= 0.3 is 0 Å². The van der Waals surface area contributed by atoms with Gasteiger partial charge in [-0.3, -0.25) is 0 Å². The largest absolute Gasteiger partial charge is 0.315 e. The molecular formula is C14H25BrN2S. The van der Waals surface area contributed by atoms with E-state index in [1.807, 2.05) is 11.3 Å². The molecule has 1 aromatic rings. The summed E-state index contributed by atoms with van der Waals surface area (Å²) in [6.45, 7) is 4.58. The van der Waals surface area contributed by atoms with Crippen molar-refractivity contribution < 1.29 is 0 Å². The molecule has 1 aromatic heterocycles. The summed E-state index contributed by atoms with van der Waals surface area (Å²) < 4.78 is 1.20. The standard InChI is InChI=1S/C14H25BrN2S/c1-6-14(7-2,17(4)5)13(16-3)9-12-8-11(15)10-18-12/h8,10,13,16H,6-7,9H2,1-5H3. The van der Waals surface area contributed by atoms with Crippen LogP contribution in [-0.2, 0) is 6.42 Å². The lowest BCUT2D eigenvalue weighted by Crippen LogP contribution is -2.58. The molecule has 1 atom stereocenters. The van der Waals surface area contributed by atoms with E-state index in [1.165, 1.54) is 9.35 Å². The van der Waals surface area contributed by atoms with Gasteiger partial charge < -0.3 is 10.2 Å². The van der Waals surface area contributed by atoms with E-state index < -0.39 is 0 Å². The van der Waals surface area contributed by atoms with Crippen molar-refractivity contribution in [1.29, 1.82) is 0 Å². The summed E-state index contributed by atoms with van der Waals surface area (Å²) >= 11 is 5.37. The molecule has 104 valence electrons. The van der Waals surface area contributed by atoms with Crippen LogP contribution in [0.15, 0.2) is 15.9 Å². The van der Waals surface area contributed by atoms with Crippen LogP contribution in [0.2, 0.25) is 0 Å². The molecule has 0 spiro atoms. The Hall–Kier alpha value is 0.1000. The van der Waals surface area contributed by atoms with Crippen LogP contribution >= 0.6 is 27.3 Å². The third-order valence-corrected chi connectivity index (χ3v) is 5.86. The Bertz CT molecular complexity index is 358. The summed E-state index contributed by atoms with van der Waals surface area (Å²) in [7, 11) is 6.47. The van der Waals surface area contributed by atoms with E-state index in [-0.39, 0.29) is 5.54 Å². The van der Waals surface area contributed by atoms with Gasteiger partial charge in [0.25, 0.3) is 0 Å². The fourth-order valence-electron chi connectivity index (χ4n) is 2.91. The van der Waals surface area contributed by atoms with Crippen LogP contribution in [0, 0.1) is 0 Å². The van der Waals surface area contributed by atoms with Gasteiger partial charge in [0.2, 0.25) is 0 Å². The highest BCUT2D eigenvalue weighted by molar-refractivity contribution is 9.10. The Balaban J connectivity index is 2.92. The topological polar surface area (TPSA) is 15.3 Å². The zero-order valence-electron chi connectivity index (χ0n) is 12.1. The molecule has 0 aliphatic heterocycles. The Morgan fingerprint density at radius 1 is 1.39 bits per heavy atom. The van der Waals surface area contributed by atoms with Gasteiger partial charge in [0.15, 0.2) is 0 Å². The number of likely N-dealkylation sites (N-methyl/N-ethyl adjacent to an activating group) is 2. The summed E-state index contributed by atoms with van der Waals surface area (Å²) in [6.07, 6.45) is 3.41. The highest BCUT2D eigenvalue weighted by atomic mass is 79.9. The lowest BCUT2D eigenvalue weighted by atomic mass is 9.81. The molecule has 1 rings (SSSR count). The third-order valence-electron chi connectivity index (χ3n) is 4.14. The second-order valence-corrected chi connectivity index (χ2v) is 6.89. The Morgan fingerprint density at radius 2 is 2.00 bits per heavy atom. The van der Waals surface area contributed by atoms with Crippen molar-refractivity contribution in [2.24, 2.45) is 0 Å². The van der Waals surface area contributed by atoms with Crippen LogP contribution in [0.3, 0.4) is 0 Å².